The molecular weight excluding hydrogens is 266 g/mol. The molecule has 1 N–H and O–H groups in total. The van der Waals surface area contributed by atoms with E-state index in [-0.39, 0.29) is 12.2 Å². The summed E-state index contributed by atoms with van der Waals surface area (Å²) in [5, 5.41) is 13.6. The number of hydrogen-bond acceptors (Lipinski definition) is 4. The number of rotatable bonds is 4. The molecule has 5 nitrogen and oxygen atoms in total. The van der Waals surface area contributed by atoms with Gasteiger partial charge in [-0.3, -0.25) is 4.79 Å². The van der Waals surface area contributed by atoms with Crippen LogP contribution in [0.15, 0.2) is 10.9 Å². The molecule has 1 aliphatic carbocycles. The zero-order valence-corrected chi connectivity index (χ0v) is 12.6. The van der Waals surface area contributed by atoms with Crippen LogP contribution in [0.3, 0.4) is 0 Å². The summed E-state index contributed by atoms with van der Waals surface area (Å²) in [6, 6.07) is 1.81. The van der Waals surface area contributed by atoms with E-state index in [1.807, 2.05) is 6.07 Å². The fraction of sp³-hybridized carbons (Fsp3) is 0.750. The lowest BCUT2D eigenvalue weighted by atomic mass is 9.96. The van der Waals surface area contributed by atoms with Gasteiger partial charge < -0.3 is 10.0 Å². The van der Waals surface area contributed by atoms with Crippen LogP contribution in [-0.2, 0) is 19.4 Å². The largest absolute Gasteiger partial charge is 0.395 e. The van der Waals surface area contributed by atoms with Crippen molar-refractivity contribution in [1.82, 2.24) is 14.7 Å². The standard InChI is InChI=1S/C16H25N3O2/c20-10-9-18-7-5-13(6-8-18)12-19-16(21)11-14-3-1-2-4-15(14)17-19/h11,13,20H,1-10,12H2. The number of piperidine rings is 1. The van der Waals surface area contributed by atoms with E-state index in [0.29, 0.717) is 5.92 Å². The molecule has 3 rings (SSSR count). The second-order valence-corrected chi connectivity index (χ2v) is 6.35. The van der Waals surface area contributed by atoms with Crippen LogP contribution in [0.1, 0.15) is 36.9 Å². The highest BCUT2D eigenvalue weighted by atomic mass is 16.3. The van der Waals surface area contributed by atoms with Crippen LogP contribution >= 0.6 is 0 Å². The van der Waals surface area contributed by atoms with Gasteiger partial charge in [0.2, 0.25) is 0 Å². The average molecular weight is 291 g/mol. The fourth-order valence-corrected chi connectivity index (χ4v) is 3.51. The first-order valence-electron chi connectivity index (χ1n) is 8.19. The molecule has 1 saturated heterocycles. The number of β-amino-alcohol motifs (C(OH)–C–C–N with tert-alkyl or cyclic N) is 1. The predicted molar refractivity (Wildman–Crippen MR) is 81.4 cm³/mol. The van der Waals surface area contributed by atoms with Crippen LogP contribution in [0.4, 0.5) is 0 Å². The topological polar surface area (TPSA) is 58.4 Å². The van der Waals surface area contributed by atoms with E-state index >= 15 is 0 Å². The molecule has 1 aliphatic heterocycles. The fourth-order valence-electron chi connectivity index (χ4n) is 3.51. The van der Waals surface area contributed by atoms with E-state index in [1.165, 1.54) is 18.4 Å². The van der Waals surface area contributed by atoms with Gasteiger partial charge in [0.05, 0.1) is 12.3 Å². The Morgan fingerprint density at radius 1 is 1.24 bits per heavy atom. The average Bonchev–Trinajstić information content (AvgIpc) is 2.50. The van der Waals surface area contributed by atoms with E-state index in [4.69, 9.17) is 5.11 Å². The summed E-state index contributed by atoms with van der Waals surface area (Å²) in [6.45, 7) is 3.79. The van der Waals surface area contributed by atoms with Crippen LogP contribution in [0.25, 0.3) is 0 Å². The SMILES string of the molecule is O=c1cc2c(nn1CC1CCN(CCO)CC1)CCCC2. The van der Waals surface area contributed by atoms with Crippen molar-refractivity contribution in [3.05, 3.63) is 27.7 Å². The maximum atomic E-state index is 12.2. The molecule has 0 radical (unpaired) electrons. The van der Waals surface area contributed by atoms with Crippen molar-refractivity contribution in [2.45, 2.75) is 45.1 Å². The van der Waals surface area contributed by atoms with Gasteiger partial charge >= 0.3 is 0 Å². The lowest BCUT2D eigenvalue weighted by Gasteiger charge is -2.31. The van der Waals surface area contributed by atoms with Gasteiger partial charge in [0.1, 0.15) is 0 Å². The van der Waals surface area contributed by atoms with Gasteiger partial charge in [0.15, 0.2) is 0 Å². The molecule has 2 heterocycles. The van der Waals surface area contributed by atoms with Gasteiger partial charge in [0.25, 0.3) is 5.56 Å². The van der Waals surface area contributed by atoms with Gasteiger partial charge in [-0.1, -0.05) is 0 Å². The Labute approximate surface area is 125 Å². The highest BCUT2D eigenvalue weighted by Crippen LogP contribution is 2.20. The van der Waals surface area contributed by atoms with Crippen LogP contribution in [-0.4, -0.2) is 46.0 Å². The van der Waals surface area contributed by atoms with Crippen molar-refractivity contribution >= 4 is 0 Å². The quantitative estimate of drug-likeness (QED) is 0.892. The van der Waals surface area contributed by atoms with Crippen molar-refractivity contribution in [2.75, 3.05) is 26.2 Å². The van der Waals surface area contributed by atoms with Gasteiger partial charge in [0, 0.05) is 19.2 Å². The zero-order valence-electron chi connectivity index (χ0n) is 12.6. The van der Waals surface area contributed by atoms with Gasteiger partial charge in [-0.15, -0.1) is 0 Å². The Hall–Kier alpha value is -1.20. The summed E-state index contributed by atoms with van der Waals surface area (Å²) in [7, 11) is 0. The number of likely N-dealkylation sites (tertiary alicyclic amines) is 1. The monoisotopic (exact) mass is 291 g/mol. The van der Waals surface area contributed by atoms with Gasteiger partial charge in [-0.2, -0.15) is 5.10 Å². The maximum absolute atomic E-state index is 12.2. The smallest absolute Gasteiger partial charge is 0.267 e. The van der Waals surface area contributed by atoms with Crippen molar-refractivity contribution < 1.29 is 5.11 Å². The molecule has 21 heavy (non-hydrogen) atoms. The lowest BCUT2D eigenvalue weighted by Crippen LogP contribution is -2.38. The number of fused-ring (bicyclic) bond motifs is 1. The highest BCUT2D eigenvalue weighted by Gasteiger charge is 2.21. The van der Waals surface area contributed by atoms with Crippen LogP contribution in [0.5, 0.6) is 0 Å². The first-order valence-corrected chi connectivity index (χ1v) is 8.19. The Morgan fingerprint density at radius 2 is 2.00 bits per heavy atom. The number of hydrogen-bond donors (Lipinski definition) is 1. The molecule has 2 aliphatic rings. The number of nitrogens with zero attached hydrogens (tertiary/aromatic N) is 3. The van der Waals surface area contributed by atoms with E-state index in [0.717, 1.165) is 57.6 Å². The number of aryl methyl sites for hydroxylation is 2. The van der Waals surface area contributed by atoms with Crippen molar-refractivity contribution in [2.24, 2.45) is 5.92 Å². The summed E-state index contributed by atoms with van der Waals surface area (Å²) < 4.78 is 1.69. The molecule has 0 bridgehead atoms. The summed E-state index contributed by atoms with van der Waals surface area (Å²) in [4.78, 5) is 14.5. The minimum absolute atomic E-state index is 0.0634. The molecular formula is C16H25N3O2. The third-order valence-electron chi connectivity index (χ3n) is 4.83. The molecule has 1 aromatic heterocycles. The number of aromatic nitrogens is 2. The minimum atomic E-state index is 0.0634. The molecule has 0 saturated carbocycles. The lowest BCUT2D eigenvalue weighted by molar-refractivity contribution is 0.139. The Bertz CT molecular complexity index is 533. The molecule has 0 atom stereocenters. The first-order chi connectivity index (χ1) is 10.3. The van der Waals surface area contributed by atoms with Crippen molar-refractivity contribution in [3.8, 4) is 0 Å². The van der Waals surface area contributed by atoms with E-state index in [1.54, 1.807) is 4.68 Å². The van der Waals surface area contributed by atoms with Gasteiger partial charge in [-0.05, 0) is 63.1 Å². The van der Waals surface area contributed by atoms with Crippen LogP contribution < -0.4 is 5.56 Å². The number of aliphatic hydroxyl groups is 1. The van der Waals surface area contributed by atoms with E-state index in [2.05, 4.69) is 10.00 Å². The zero-order chi connectivity index (χ0) is 14.7. The van der Waals surface area contributed by atoms with Crippen molar-refractivity contribution in [3.63, 3.8) is 0 Å². The second kappa shape index (κ2) is 6.71. The van der Waals surface area contributed by atoms with E-state index in [9.17, 15) is 4.79 Å². The molecule has 1 fully saturated rings. The summed E-state index contributed by atoms with van der Waals surface area (Å²) in [5.41, 5.74) is 2.37. The summed E-state index contributed by atoms with van der Waals surface area (Å²) in [6.07, 6.45) is 6.58. The molecule has 116 valence electrons. The third-order valence-corrected chi connectivity index (χ3v) is 4.83. The van der Waals surface area contributed by atoms with E-state index < -0.39 is 0 Å². The normalized spacial score (nSPS) is 20.4. The molecule has 5 heteroatoms. The Kier molecular flexibility index (Phi) is 4.70. The minimum Gasteiger partial charge on any atom is -0.395 e. The maximum Gasteiger partial charge on any atom is 0.267 e. The van der Waals surface area contributed by atoms with Gasteiger partial charge in [-0.25, -0.2) is 4.68 Å². The Morgan fingerprint density at radius 3 is 2.76 bits per heavy atom. The van der Waals surface area contributed by atoms with Crippen LogP contribution in [0, 0.1) is 5.92 Å². The van der Waals surface area contributed by atoms with Crippen molar-refractivity contribution in [1.29, 1.82) is 0 Å². The molecule has 0 amide bonds. The number of aliphatic hydroxyl groups excluding tert-OH is 1. The van der Waals surface area contributed by atoms with Crippen LogP contribution in [0.2, 0.25) is 0 Å². The predicted octanol–water partition coefficient (Wildman–Crippen LogP) is 0.826. The molecule has 0 aromatic carbocycles. The molecule has 0 unspecified atom stereocenters. The highest BCUT2D eigenvalue weighted by molar-refractivity contribution is 5.20. The molecule has 0 spiro atoms. The first kappa shape index (κ1) is 14.7. The summed E-state index contributed by atoms with van der Waals surface area (Å²) in [5.74, 6) is 0.534. The summed E-state index contributed by atoms with van der Waals surface area (Å²) >= 11 is 0. The Balaban J connectivity index is 1.64. The second-order valence-electron chi connectivity index (χ2n) is 6.35. The third kappa shape index (κ3) is 3.52. The molecule has 1 aromatic rings.